The molecule has 1 aromatic heterocycles. The summed E-state index contributed by atoms with van der Waals surface area (Å²) >= 11 is 1.67. The number of hydrogen-bond donors (Lipinski definition) is 1. The third-order valence-corrected chi connectivity index (χ3v) is 4.16. The highest BCUT2D eigenvalue weighted by molar-refractivity contribution is 7.09. The van der Waals surface area contributed by atoms with E-state index < -0.39 is 0 Å². The number of benzene rings is 1. The monoisotopic (exact) mass is 259 g/mol. The molecule has 18 heavy (non-hydrogen) atoms. The van der Waals surface area contributed by atoms with Gasteiger partial charge in [0.25, 0.3) is 0 Å². The molecule has 2 heterocycles. The highest BCUT2D eigenvalue weighted by Gasteiger charge is 2.15. The topological polar surface area (TPSA) is 42.2 Å². The van der Waals surface area contributed by atoms with Crippen molar-refractivity contribution >= 4 is 22.7 Å². The smallest absolute Gasteiger partial charge is 0.0901 e. The van der Waals surface area contributed by atoms with Crippen molar-refractivity contribution in [2.24, 2.45) is 0 Å². The molecule has 4 heteroatoms. The average molecular weight is 259 g/mol. The van der Waals surface area contributed by atoms with Gasteiger partial charge in [-0.2, -0.15) is 0 Å². The van der Waals surface area contributed by atoms with E-state index in [1.54, 1.807) is 11.3 Å². The molecule has 0 saturated carbocycles. The summed E-state index contributed by atoms with van der Waals surface area (Å²) in [7, 11) is 0. The lowest BCUT2D eigenvalue weighted by Crippen LogP contribution is -2.18. The van der Waals surface area contributed by atoms with E-state index in [0.29, 0.717) is 0 Å². The second-order valence-corrected chi connectivity index (χ2v) is 5.78. The molecule has 1 fully saturated rings. The highest BCUT2D eigenvalue weighted by atomic mass is 32.1. The van der Waals surface area contributed by atoms with Crippen LogP contribution in [0.5, 0.6) is 0 Å². The Kier molecular flexibility index (Phi) is 2.96. The highest BCUT2D eigenvalue weighted by Crippen LogP contribution is 2.31. The maximum Gasteiger partial charge on any atom is 0.0901 e. The first kappa shape index (κ1) is 11.5. The molecule has 0 aliphatic carbocycles. The summed E-state index contributed by atoms with van der Waals surface area (Å²) in [6, 6.07) is 6.30. The molecule has 0 unspecified atom stereocenters. The van der Waals surface area contributed by atoms with Gasteiger partial charge in [-0.25, -0.2) is 4.98 Å². The molecule has 0 atom stereocenters. The Balaban J connectivity index is 1.93. The van der Waals surface area contributed by atoms with E-state index in [9.17, 15) is 0 Å². The van der Waals surface area contributed by atoms with Gasteiger partial charge in [0.15, 0.2) is 0 Å². The molecule has 3 rings (SSSR count). The van der Waals surface area contributed by atoms with Crippen LogP contribution in [0.4, 0.5) is 11.4 Å². The van der Waals surface area contributed by atoms with Gasteiger partial charge in [0, 0.05) is 24.0 Å². The van der Waals surface area contributed by atoms with Gasteiger partial charge in [-0.05, 0) is 31.9 Å². The first-order chi connectivity index (χ1) is 8.74. The van der Waals surface area contributed by atoms with Gasteiger partial charge in [-0.1, -0.05) is 6.07 Å². The van der Waals surface area contributed by atoms with Crippen molar-refractivity contribution in [2.75, 3.05) is 23.7 Å². The Hall–Kier alpha value is -1.55. The van der Waals surface area contributed by atoms with E-state index >= 15 is 0 Å². The number of nitrogens with two attached hydrogens (primary N) is 1. The number of hydrogen-bond acceptors (Lipinski definition) is 4. The number of thiazole rings is 1. The number of aryl methyl sites for hydroxylation is 1. The summed E-state index contributed by atoms with van der Waals surface area (Å²) in [5.41, 5.74) is 10.3. The second kappa shape index (κ2) is 4.61. The molecule has 2 N–H and O–H groups in total. The molecular weight excluding hydrogens is 242 g/mol. The Bertz CT molecular complexity index is 556. The Labute approximate surface area is 111 Å². The van der Waals surface area contributed by atoms with Crippen LogP contribution in [0.1, 0.15) is 17.8 Å². The van der Waals surface area contributed by atoms with E-state index in [2.05, 4.69) is 27.4 Å². The van der Waals surface area contributed by atoms with Crippen LogP contribution >= 0.6 is 11.3 Å². The molecular formula is C14H17N3S. The van der Waals surface area contributed by atoms with Gasteiger partial charge < -0.3 is 10.6 Å². The summed E-state index contributed by atoms with van der Waals surface area (Å²) in [5, 5.41) is 3.17. The number of nitrogen functional groups attached to an aromatic ring is 1. The van der Waals surface area contributed by atoms with Crippen LogP contribution < -0.4 is 10.6 Å². The quantitative estimate of drug-likeness (QED) is 0.841. The van der Waals surface area contributed by atoms with E-state index in [1.165, 1.54) is 18.5 Å². The van der Waals surface area contributed by atoms with Crippen LogP contribution in [-0.2, 0) is 0 Å². The maximum absolute atomic E-state index is 6.18. The fraction of sp³-hybridized carbons (Fsp3) is 0.357. The predicted octanol–water partition coefficient (Wildman–Crippen LogP) is 3.30. The molecule has 1 aliphatic heterocycles. The third kappa shape index (κ3) is 2.08. The maximum atomic E-state index is 6.18. The Morgan fingerprint density at radius 3 is 2.67 bits per heavy atom. The van der Waals surface area contributed by atoms with Crippen LogP contribution in [0.3, 0.4) is 0 Å². The Morgan fingerprint density at radius 2 is 2.06 bits per heavy atom. The summed E-state index contributed by atoms with van der Waals surface area (Å²) in [4.78, 5) is 6.87. The van der Waals surface area contributed by atoms with Gasteiger partial charge in [0.1, 0.15) is 0 Å². The average Bonchev–Trinajstić information content (AvgIpc) is 2.99. The summed E-state index contributed by atoms with van der Waals surface area (Å²) in [6.07, 6.45) is 2.54. The minimum atomic E-state index is 0.861. The lowest BCUT2D eigenvalue weighted by atomic mass is 10.1. The normalized spacial score (nSPS) is 15.3. The molecule has 0 bridgehead atoms. The van der Waals surface area contributed by atoms with Crippen molar-refractivity contribution in [1.82, 2.24) is 4.98 Å². The second-order valence-electron chi connectivity index (χ2n) is 4.72. The van der Waals surface area contributed by atoms with Crippen molar-refractivity contribution in [3.05, 3.63) is 28.6 Å². The van der Waals surface area contributed by atoms with Crippen molar-refractivity contribution in [2.45, 2.75) is 19.8 Å². The summed E-state index contributed by atoms with van der Waals surface area (Å²) in [6.45, 7) is 4.27. The van der Waals surface area contributed by atoms with Gasteiger partial charge in [-0.3, -0.25) is 0 Å². The molecule has 94 valence electrons. The number of rotatable bonds is 2. The lowest BCUT2D eigenvalue weighted by molar-refractivity contribution is 0.949. The van der Waals surface area contributed by atoms with Crippen molar-refractivity contribution in [3.8, 4) is 11.3 Å². The zero-order valence-electron chi connectivity index (χ0n) is 10.5. The van der Waals surface area contributed by atoms with Gasteiger partial charge in [-0.15, -0.1) is 11.3 Å². The summed E-state index contributed by atoms with van der Waals surface area (Å²) in [5.74, 6) is 0. The first-order valence-electron chi connectivity index (χ1n) is 6.31. The van der Waals surface area contributed by atoms with Gasteiger partial charge >= 0.3 is 0 Å². The van der Waals surface area contributed by atoms with Crippen LogP contribution in [0.15, 0.2) is 23.6 Å². The van der Waals surface area contributed by atoms with E-state index in [-0.39, 0.29) is 0 Å². The molecule has 0 amide bonds. The fourth-order valence-corrected chi connectivity index (χ4v) is 3.08. The molecule has 3 nitrogen and oxygen atoms in total. The van der Waals surface area contributed by atoms with E-state index in [0.717, 1.165) is 35.0 Å². The number of nitrogens with zero attached hydrogens (tertiary/aromatic N) is 2. The van der Waals surface area contributed by atoms with Crippen molar-refractivity contribution in [1.29, 1.82) is 0 Å². The summed E-state index contributed by atoms with van der Waals surface area (Å²) < 4.78 is 0. The number of aromatic nitrogens is 1. The fourth-order valence-electron chi connectivity index (χ4n) is 2.46. The van der Waals surface area contributed by atoms with E-state index in [1.807, 2.05) is 13.0 Å². The van der Waals surface area contributed by atoms with Crippen molar-refractivity contribution in [3.63, 3.8) is 0 Å². The van der Waals surface area contributed by atoms with Crippen molar-refractivity contribution < 1.29 is 0 Å². The molecule has 0 spiro atoms. The van der Waals surface area contributed by atoms with Gasteiger partial charge in [0.05, 0.1) is 22.1 Å². The van der Waals surface area contributed by atoms with Crippen LogP contribution in [-0.4, -0.2) is 18.1 Å². The largest absolute Gasteiger partial charge is 0.397 e. The Morgan fingerprint density at radius 1 is 1.28 bits per heavy atom. The van der Waals surface area contributed by atoms with Crippen LogP contribution in [0.25, 0.3) is 11.3 Å². The first-order valence-corrected chi connectivity index (χ1v) is 7.19. The van der Waals surface area contributed by atoms with Crippen LogP contribution in [0, 0.1) is 6.92 Å². The zero-order valence-corrected chi connectivity index (χ0v) is 11.3. The van der Waals surface area contributed by atoms with E-state index in [4.69, 9.17) is 5.73 Å². The molecule has 1 aromatic carbocycles. The molecule has 0 radical (unpaired) electrons. The molecule has 1 aliphatic rings. The number of anilines is 2. The minimum Gasteiger partial charge on any atom is -0.397 e. The SMILES string of the molecule is Cc1nc(-c2ccc(N3CCCC3)c(N)c2)cs1. The lowest BCUT2D eigenvalue weighted by Gasteiger charge is -2.20. The predicted molar refractivity (Wildman–Crippen MR) is 78.1 cm³/mol. The van der Waals surface area contributed by atoms with Gasteiger partial charge in [0.2, 0.25) is 0 Å². The minimum absolute atomic E-state index is 0.861. The molecule has 2 aromatic rings. The molecule has 1 saturated heterocycles. The zero-order chi connectivity index (χ0) is 12.5. The third-order valence-electron chi connectivity index (χ3n) is 3.39. The van der Waals surface area contributed by atoms with Crippen LogP contribution in [0.2, 0.25) is 0 Å². The standard InChI is InChI=1S/C14H17N3S/c1-10-16-13(9-18-10)11-4-5-14(12(15)8-11)17-6-2-3-7-17/h4-5,8-9H,2-3,6-7,15H2,1H3.